The third kappa shape index (κ3) is 3.33. The van der Waals surface area contributed by atoms with Crippen LogP contribution < -0.4 is 10.6 Å². The van der Waals surface area contributed by atoms with Gasteiger partial charge >= 0.3 is 0 Å². The van der Waals surface area contributed by atoms with Crippen LogP contribution in [0.4, 0.5) is 0 Å². The van der Waals surface area contributed by atoms with Gasteiger partial charge in [0.1, 0.15) is 0 Å². The summed E-state index contributed by atoms with van der Waals surface area (Å²) in [6.07, 6.45) is 2.19. The fraction of sp³-hybridized carbons (Fsp3) is 0.533. The van der Waals surface area contributed by atoms with Crippen molar-refractivity contribution in [1.82, 2.24) is 10.6 Å². The van der Waals surface area contributed by atoms with Gasteiger partial charge in [0.15, 0.2) is 0 Å². The molecule has 1 amide bonds. The van der Waals surface area contributed by atoms with E-state index >= 15 is 0 Å². The molecule has 2 N–H and O–H groups in total. The lowest BCUT2D eigenvalue weighted by molar-refractivity contribution is -0.121. The maximum Gasteiger partial charge on any atom is 0.234 e. The van der Waals surface area contributed by atoms with Gasteiger partial charge in [-0.3, -0.25) is 4.79 Å². The minimum Gasteiger partial charge on any atom is -0.350 e. The molecule has 1 aliphatic rings. The highest BCUT2D eigenvalue weighted by molar-refractivity contribution is 5.78. The zero-order chi connectivity index (χ0) is 13.2. The highest BCUT2D eigenvalue weighted by Gasteiger charge is 2.22. The SMILES string of the molecule is CC(C)(C)NC(=O)CNC1CCc2ccccc21. The Bertz CT molecular complexity index is 434. The molecular weight excluding hydrogens is 224 g/mol. The van der Waals surface area contributed by atoms with Gasteiger partial charge in [0.05, 0.1) is 6.54 Å². The molecule has 0 heterocycles. The number of hydrogen-bond donors (Lipinski definition) is 2. The molecule has 0 saturated heterocycles. The van der Waals surface area contributed by atoms with E-state index in [0.717, 1.165) is 12.8 Å². The molecule has 0 spiro atoms. The second-order valence-corrected chi connectivity index (χ2v) is 5.97. The van der Waals surface area contributed by atoms with E-state index in [1.54, 1.807) is 0 Å². The molecule has 0 fully saturated rings. The predicted molar refractivity (Wildman–Crippen MR) is 73.4 cm³/mol. The Morgan fingerprint density at radius 3 is 2.78 bits per heavy atom. The molecule has 1 aliphatic carbocycles. The Morgan fingerprint density at radius 2 is 2.06 bits per heavy atom. The average molecular weight is 246 g/mol. The van der Waals surface area contributed by atoms with Crippen molar-refractivity contribution in [2.24, 2.45) is 0 Å². The second-order valence-electron chi connectivity index (χ2n) is 5.97. The molecule has 1 aromatic rings. The van der Waals surface area contributed by atoms with Gasteiger partial charge in [0.2, 0.25) is 5.91 Å². The molecule has 1 unspecified atom stereocenters. The third-order valence-corrected chi connectivity index (χ3v) is 3.16. The summed E-state index contributed by atoms with van der Waals surface area (Å²) in [4.78, 5) is 11.8. The molecule has 1 aromatic carbocycles. The van der Waals surface area contributed by atoms with E-state index in [4.69, 9.17) is 0 Å². The maximum absolute atomic E-state index is 11.8. The highest BCUT2D eigenvalue weighted by Crippen LogP contribution is 2.30. The van der Waals surface area contributed by atoms with Crippen LogP contribution in [-0.2, 0) is 11.2 Å². The van der Waals surface area contributed by atoms with E-state index in [0.29, 0.717) is 12.6 Å². The Balaban J connectivity index is 1.87. The molecule has 1 atom stereocenters. The highest BCUT2D eigenvalue weighted by atomic mass is 16.2. The molecular formula is C15H22N2O. The van der Waals surface area contributed by atoms with Crippen molar-refractivity contribution >= 4 is 5.91 Å². The van der Waals surface area contributed by atoms with Gasteiger partial charge in [-0.2, -0.15) is 0 Å². The van der Waals surface area contributed by atoms with Crippen LogP contribution in [0, 0.1) is 0 Å². The Hall–Kier alpha value is -1.35. The number of fused-ring (bicyclic) bond motifs is 1. The Kier molecular flexibility index (Phi) is 3.71. The van der Waals surface area contributed by atoms with E-state index in [9.17, 15) is 4.79 Å². The first kappa shape index (κ1) is 13.1. The van der Waals surface area contributed by atoms with Gasteiger partial charge in [-0.05, 0) is 44.7 Å². The van der Waals surface area contributed by atoms with E-state index in [-0.39, 0.29) is 11.4 Å². The van der Waals surface area contributed by atoms with Gasteiger partial charge in [0, 0.05) is 11.6 Å². The summed E-state index contributed by atoms with van der Waals surface area (Å²) in [6, 6.07) is 8.79. The second kappa shape index (κ2) is 5.11. The minimum atomic E-state index is -0.160. The van der Waals surface area contributed by atoms with Crippen LogP contribution in [0.25, 0.3) is 0 Å². The van der Waals surface area contributed by atoms with Crippen molar-refractivity contribution in [1.29, 1.82) is 0 Å². The van der Waals surface area contributed by atoms with Gasteiger partial charge in [-0.1, -0.05) is 24.3 Å². The van der Waals surface area contributed by atoms with Crippen LogP contribution in [0.15, 0.2) is 24.3 Å². The maximum atomic E-state index is 11.8. The fourth-order valence-corrected chi connectivity index (χ4v) is 2.45. The van der Waals surface area contributed by atoms with Crippen LogP contribution >= 0.6 is 0 Å². The molecule has 3 nitrogen and oxygen atoms in total. The van der Waals surface area contributed by atoms with E-state index in [1.165, 1.54) is 11.1 Å². The van der Waals surface area contributed by atoms with Crippen LogP contribution in [0.1, 0.15) is 44.4 Å². The summed E-state index contributed by atoms with van der Waals surface area (Å²) in [5.74, 6) is 0.0619. The van der Waals surface area contributed by atoms with Crippen LogP contribution in [0.3, 0.4) is 0 Å². The fourth-order valence-electron chi connectivity index (χ4n) is 2.45. The average Bonchev–Trinajstić information content (AvgIpc) is 2.67. The largest absolute Gasteiger partial charge is 0.350 e. The van der Waals surface area contributed by atoms with Gasteiger partial charge < -0.3 is 10.6 Å². The Labute approximate surface area is 109 Å². The van der Waals surface area contributed by atoms with Crippen molar-refractivity contribution < 1.29 is 4.79 Å². The number of nitrogens with one attached hydrogen (secondary N) is 2. The normalized spacial score (nSPS) is 18.5. The number of carbonyl (C=O) groups is 1. The monoisotopic (exact) mass is 246 g/mol. The number of carbonyl (C=O) groups excluding carboxylic acids is 1. The van der Waals surface area contributed by atoms with Crippen molar-refractivity contribution in [2.45, 2.75) is 45.2 Å². The van der Waals surface area contributed by atoms with Gasteiger partial charge in [0.25, 0.3) is 0 Å². The quantitative estimate of drug-likeness (QED) is 0.858. The molecule has 98 valence electrons. The third-order valence-electron chi connectivity index (χ3n) is 3.16. The number of aryl methyl sites for hydroxylation is 1. The van der Waals surface area contributed by atoms with E-state index in [2.05, 4.69) is 34.9 Å². The summed E-state index contributed by atoms with van der Waals surface area (Å²) < 4.78 is 0. The van der Waals surface area contributed by atoms with Crippen molar-refractivity contribution in [2.75, 3.05) is 6.54 Å². The van der Waals surface area contributed by atoms with Gasteiger partial charge in [-0.15, -0.1) is 0 Å². The lowest BCUT2D eigenvalue weighted by atomic mass is 10.1. The molecule has 0 bridgehead atoms. The van der Waals surface area contributed by atoms with Crippen molar-refractivity contribution in [3.8, 4) is 0 Å². The predicted octanol–water partition coefficient (Wildman–Crippen LogP) is 2.18. The number of amides is 1. The summed E-state index contributed by atoms with van der Waals surface area (Å²) in [5, 5.41) is 6.31. The molecule has 0 radical (unpaired) electrons. The topological polar surface area (TPSA) is 41.1 Å². The molecule has 0 aromatic heterocycles. The summed E-state index contributed by atoms with van der Waals surface area (Å²) in [7, 11) is 0. The molecule has 0 saturated carbocycles. The lowest BCUT2D eigenvalue weighted by Gasteiger charge is -2.21. The molecule has 18 heavy (non-hydrogen) atoms. The van der Waals surface area contributed by atoms with E-state index < -0.39 is 0 Å². The molecule has 2 rings (SSSR count). The number of hydrogen-bond acceptors (Lipinski definition) is 2. The molecule has 0 aliphatic heterocycles. The van der Waals surface area contributed by atoms with Crippen LogP contribution in [0.5, 0.6) is 0 Å². The summed E-state index contributed by atoms with van der Waals surface area (Å²) >= 11 is 0. The minimum absolute atomic E-state index is 0.0619. The number of benzene rings is 1. The van der Waals surface area contributed by atoms with Crippen molar-refractivity contribution in [3.63, 3.8) is 0 Å². The summed E-state index contributed by atoms with van der Waals surface area (Å²) in [5.41, 5.74) is 2.60. The zero-order valence-electron chi connectivity index (χ0n) is 11.4. The lowest BCUT2D eigenvalue weighted by Crippen LogP contribution is -2.45. The first-order chi connectivity index (χ1) is 8.46. The smallest absolute Gasteiger partial charge is 0.234 e. The first-order valence-electron chi connectivity index (χ1n) is 6.58. The van der Waals surface area contributed by atoms with E-state index in [1.807, 2.05) is 20.8 Å². The standard InChI is InChI=1S/C15H22N2O/c1-15(2,3)17-14(18)10-16-13-9-8-11-6-4-5-7-12(11)13/h4-7,13,16H,8-10H2,1-3H3,(H,17,18). The zero-order valence-corrected chi connectivity index (χ0v) is 11.4. The Morgan fingerprint density at radius 1 is 1.33 bits per heavy atom. The van der Waals surface area contributed by atoms with Crippen molar-refractivity contribution in [3.05, 3.63) is 35.4 Å². The van der Waals surface area contributed by atoms with Crippen LogP contribution in [-0.4, -0.2) is 18.0 Å². The van der Waals surface area contributed by atoms with Crippen LogP contribution in [0.2, 0.25) is 0 Å². The molecule has 3 heteroatoms. The van der Waals surface area contributed by atoms with Gasteiger partial charge in [-0.25, -0.2) is 0 Å². The summed E-state index contributed by atoms with van der Waals surface area (Å²) in [6.45, 7) is 6.37. The number of rotatable bonds is 3. The first-order valence-corrected chi connectivity index (χ1v) is 6.58.